The van der Waals surface area contributed by atoms with Gasteiger partial charge in [0.1, 0.15) is 11.8 Å². The topological polar surface area (TPSA) is 99.2 Å². The number of carbonyl (C=O) groups is 1. The number of nitrogen functional groups attached to an aromatic ring is 1. The summed E-state index contributed by atoms with van der Waals surface area (Å²) in [5, 5.41) is 0. The molecule has 1 saturated heterocycles. The average Bonchev–Trinajstić information content (AvgIpc) is 3.29. The molecular weight excluding hydrogens is 332 g/mol. The number of hydrogen-bond acceptors (Lipinski definition) is 7. The Morgan fingerprint density at radius 3 is 2.96 bits per heavy atom. The largest absolute Gasteiger partial charge is 0.469 e. The Kier molecular flexibility index (Phi) is 4.76. The van der Waals surface area contributed by atoms with Crippen molar-refractivity contribution in [1.29, 1.82) is 0 Å². The van der Waals surface area contributed by atoms with Gasteiger partial charge < -0.3 is 19.9 Å². The summed E-state index contributed by atoms with van der Waals surface area (Å²) >= 11 is 0. The highest BCUT2D eigenvalue weighted by Crippen LogP contribution is 2.34. The summed E-state index contributed by atoms with van der Waals surface area (Å²) < 4.78 is 7.15. The van der Waals surface area contributed by atoms with Crippen LogP contribution in [-0.4, -0.2) is 57.1 Å². The molecule has 8 nitrogen and oxygen atoms in total. The number of hydrogen-bond donors (Lipinski definition) is 1. The van der Waals surface area contributed by atoms with Crippen LogP contribution in [0.15, 0.2) is 12.7 Å². The molecule has 26 heavy (non-hydrogen) atoms. The molecule has 4 rings (SSSR count). The number of likely N-dealkylation sites (tertiary alicyclic amines) is 1. The summed E-state index contributed by atoms with van der Waals surface area (Å²) in [4.78, 5) is 27.3. The van der Waals surface area contributed by atoms with E-state index in [2.05, 4.69) is 24.4 Å². The van der Waals surface area contributed by atoms with Crippen LogP contribution in [0.5, 0.6) is 0 Å². The molecule has 0 spiro atoms. The van der Waals surface area contributed by atoms with E-state index in [1.807, 2.05) is 6.33 Å². The van der Waals surface area contributed by atoms with Crippen molar-refractivity contribution in [3.8, 4) is 0 Å². The van der Waals surface area contributed by atoms with Crippen LogP contribution in [-0.2, 0) is 9.53 Å². The zero-order valence-electron chi connectivity index (χ0n) is 15.2. The second-order valence-electron chi connectivity index (χ2n) is 7.46. The molecule has 0 radical (unpaired) electrons. The second kappa shape index (κ2) is 7.19. The number of carbonyl (C=O) groups excluding carboxylic acids is 1. The first-order valence-corrected chi connectivity index (χ1v) is 9.40. The van der Waals surface area contributed by atoms with Gasteiger partial charge in [-0.25, -0.2) is 15.0 Å². The maximum absolute atomic E-state index is 12.1. The standard InChI is InChI=1S/C18H26N6O2/c1-26-18(25)14-5-3-2-4-12(14)8-23-7-6-13(9-23)24-11-22-15-16(19)20-10-21-17(15)24/h10-14H,2-9H2,1H3,(H2,19,20,21). The molecule has 2 aromatic rings. The number of nitrogens with zero attached hydrogens (tertiary/aromatic N) is 5. The minimum Gasteiger partial charge on any atom is -0.469 e. The first kappa shape index (κ1) is 17.2. The number of methoxy groups -OCH3 is 1. The molecule has 8 heteroatoms. The minimum atomic E-state index is -0.0433. The summed E-state index contributed by atoms with van der Waals surface area (Å²) in [7, 11) is 1.50. The van der Waals surface area contributed by atoms with E-state index in [0.29, 0.717) is 23.3 Å². The first-order chi connectivity index (χ1) is 12.7. The van der Waals surface area contributed by atoms with Gasteiger partial charge in [0.05, 0.1) is 25.4 Å². The van der Waals surface area contributed by atoms with E-state index in [0.717, 1.165) is 51.0 Å². The molecule has 1 aliphatic carbocycles. The zero-order chi connectivity index (χ0) is 18.1. The predicted octanol–water partition coefficient (Wildman–Crippen LogP) is 1.63. The summed E-state index contributed by atoms with van der Waals surface area (Å²) in [5.41, 5.74) is 7.37. The van der Waals surface area contributed by atoms with Gasteiger partial charge in [-0.3, -0.25) is 4.79 Å². The lowest BCUT2D eigenvalue weighted by Crippen LogP contribution is -2.37. The molecule has 2 N–H and O–H groups in total. The molecule has 3 unspecified atom stereocenters. The molecule has 2 aromatic heterocycles. The molecule has 3 atom stereocenters. The fraction of sp³-hybridized carbons (Fsp3) is 0.667. The van der Waals surface area contributed by atoms with Crippen molar-refractivity contribution in [2.24, 2.45) is 11.8 Å². The van der Waals surface area contributed by atoms with Gasteiger partial charge >= 0.3 is 5.97 Å². The van der Waals surface area contributed by atoms with Crippen LogP contribution >= 0.6 is 0 Å². The smallest absolute Gasteiger partial charge is 0.308 e. The molecule has 0 bridgehead atoms. The number of imidazole rings is 1. The fourth-order valence-electron chi connectivity index (χ4n) is 4.56. The van der Waals surface area contributed by atoms with Gasteiger partial charge in [0.25, 0.3) is 0 Å². The van der Waals surface area contributed by atoms with Gasteiger partial charge in [0.2, 0.25) is 0 Å². The molecule has 1 saturated carbocycles. The minimum absolute atomic E-state index is 0.0433. The number of esters is 1. The van der Waals surface area contributed by atoms with Gasteiger partial charge in [-0.2, -0.15) is 0 Å². The van der Waals surface area contributed by atoms with Crippen molar-refractivity contribution in [2.75, 3.05) is 32.5 Å². The number of nitrogens with two attached hydrogens (primary N) is 1. The number of ether oxygens (including phenoxy) is 1. The Morgan fingerprint density at radius 2 is 2.12 bits per heavy atom. The predicted molar refractivity (Wildman–Crippen MR) is 97.3 cm³/mol. The number of fused-ring (bicyclic) bond motifs is 1. The third-order valence-electron chi connectivity index (χ3n) is 5.93. The highest BCUT2D eigenvalue weighted by molar-refractivity contribution is 5.81. The maximum Gasteiger partial charge on any atom is 0.308 e. The van der Waals surface area contributed by atoms with E-state index in [1.54, 1.807) is 0 Å². The van der Waals surface area contributed by atoms with E-state index in [9.17, 15) is 4.79 Å². The van der Waals surface area contributed by atoms with Crippen LogP contribution in [0.4, 0.5) is 5.82 Å². The first-order valence-electron chi connectivity index (χ1n) is 9.40. The Balaban J connectivity index is 1.45. The summed E-state index contributed by atoms with van der Waals surface area (Å²) in [6, 6.07) is 0.328. The van der Waals surface area contributed by atoms with Crippen molar-refractivity contribution < 1.29 is 9.53 Å². The molecule has 140 valence electrons. The van der Waals surface area contributed by atoms with Crippen LogP contribution < -0.4 is 5.73 Å². The van der Waals surface area contributed by atoms with E-state index in [1.165, 1.54) is 19.9 Å². The molecule has 2 aliphatic rings. The molecular formula is C18H26N6O2. The fourth-order valence-corrected chi connectivity index (χ4v) is 4.56. The van der Waals surface area contributed by atoms with Gasteiger partial charge in [-0.1, -0.05) is 12.8 Å². The zero-order valence-corrected chi connectivity index (χ0v) is 15.2. The Morgan fingerprint density at radius 1 is 1.27 bits per heavy atom. The van der Waals surface area contributed by atoms with E-state index in [4.69, 9.17) is 10.5 Å². The highest BCUT2D eigenvalue weighted by Gasteiger charge is 2.35. The average molecular weight is 358 g/mol. The monoisotopic (exact) mass is 358 g/mol. The molecule has 2 fully saturated rings. The van der Waals surface area contributed by atoms with Crippen LogP contribution in [0.3, 0.4) is 0 Å². The SMILES string of the molecule is COC(=O)C1CCCCC1CN1CCC(n2cnc3c(N)ncnc32)C1. The quantitative estimate of drug-likeness (QED) is 0.829. The number of anilines is 1. The third kappa shape index (κ3) is 3.13. The van der Waals surface area contributed by atoms with Crippen molar-refractivity contribution in [1.82, 2.24) is 24.4 Å². The van der Waals surface area contributed by atoms with Gasteiger partial charge in [0, 0.05) is 19.6 Å². The van der Waals surface area contributed by atoms with Crippen molar-refractivity contribution in [2.45, 2.75) is 38.1 Å². The van der Waals surface area contributed by atoms with Crippen LogP contribution in [0, 0.1) is 11.8 Å². The number of aromatic nitrogens is 4. The van der Waals surface area contributed by atoms with Crippen molar-refractivity contribution in [3.63, 3.8) is 0 Å². The van der Waals surface area contributed by atoms with E-state index < -0.39 is 0 Å². The normalized spacial score (nSPS) is 27.0. The lowest BCUT2D eigenvalue weighted by Gasteiger charge is -2.32. The molecule has 1 aliphatic heterocycles. The van der Waals surface area contributed by atoms with Gasteiger partial charge in [0.15, 0.2) is 11.5 Å². The summed E-state index contributed by atoms with van der Waals surface area (Å²) in [6.07, 6.45) is 8.76. The van der Waals surface area contributed by atoms with Crippen molar-refractivity contribution >= 4 is 23.0 Å². The van der Waals surface area contributed by atoms with Gasteiger partial charge in [-0.05, 0) is 25.2 Å². The Bertz CT molecular complexity index is 791. The molecule has 0 amide bonds. The molecule has 0 aromatic carbocycles. The van der Waals surface area contributed by atoms with Gasteiger partial charge in [-0.15, -0.1) is 0 Å². The van der Waals surface area contributed by atoms with Crippen LogP contribution in [0.1, 0.15) is 38.1 Å². The number of rotatable bonds is 4. The second-order valence-corrected chi connectivity index (χ2v) is 7.46. The molecule has 3 heterocycles. The maximum atomic E-state index is 12.1. The Hall–Kier alpha value is -2.22. The van der Waals surface area contributed by atoms with Crippen LogP contribution in [0.2, 0.25) is 0 Å². The lowest BCUT2D eigenvalue weighted by atomic mass is 9.79. The summed E-state index contributed by atoms with van der Waals surface area (Å²) in [6.45, 7) is 2.93. The van der Waals surface area contributed by atoms with Crippen molar-refractivity contribution in [3.05, 3.63) is 12.7 Å². The Labute approximate surface area is 152 Å². The van der Waals surface area contributed by atoms with E-state index >= 15 is 0 Å². The van der Waals surface area contributed by atoms with E-state index in [-0.39, 0.29) is 11.9 Å². The highest BCUT2D eigenvalue weighted by atomic mass is 16.5. The summed E-state index contributed by atoms with van der Waals surface area (Å²) in [5.74, 6) is 0.826. The van der Waals surface area contributed by atoms with Crippen LogP contribution in [0.25, 0.3) is 11.2 Å². The lowest BCUT2D eigenvalue weighted by molar-refractivity contribution is -0.149. The third-order valence-corrected chi connectivity index (χ3v) is 5.93.